The van der Waals surface area contributed by atoms with Gasteiger partial charge in [-0.15, -0.1) is 0 Å². The molecule has 1 amide bonds. The van der Waals surface area contributed by atoms with Crippen molar-refractivity contribution in [3.8, 4) is 5.69 Å². The Balaban J connectivity index is 1.64. The normalized spacial score (nSPS) is 11.0. The number of amides is 1. The predicted molar refractivity (Wildman–Crippen MR) is 98.2 cm³/mol. The maximum atomic E-state index is 12.0. The Kier molecular flexibility index (Phi) is 5.23. The largest absolute Gasteiger partial charge is 0.360 e. The topological polar surface area (TPSA) is 73.0 Å². The van der Waals surface area contributed by atoms with E-state index in [4.69, 9.17) is 4.52 Å². The van der Waals surface area contributed by atoms with Crippen molar-refractivity contribution < 1.29 is 9.32 Å². The average Bonchev–Trinajstić information content (AvgIpc) is 3.22. The van der Waals surface area contributed by atoms with Crippen molar-refractivity contribution in [1.29, 1.82) is 0 Å². The van der Waals surface area contributed by atoms with Crippen molar-refractivity contribution in [2.24, 2.45) is 0 Å². The van der Waals surface area contributed by atoms with Gasteiger partial charge in [-0.05, 0) is 30.5 Å². The Bertz CT molecular complexity index is 852. The third-order valence-electron chi connectivity index (χ3n) is 3.67. The Morgan fingerprint density at radius 3 is 2.72 bits per heavy atom. The number of nitrogens with one attached hydrogen (secondary N) is 1. The molecule has 6 nitrogen and oxygen atoms in total. The van der Waals surface area contributed by atoms with E-state index >= 15 is 0 Å². The molecule has 0 saturated carbocycles. The Morgan fingerprint density at radius 1 is 1.32 bits per heavy atom. The number of rotatable bonds is 6. The summed E-state index contributed by atoms with van der Waals surface area (Å²) in [6.45, 7) is 6.11. The van der Waals surface area contributed by atoms with E-state index in [1.54, 1.807) is 19.2 Å². The summed E-state index contributed by atoms with van der Waals surface area (Å²) in [4.78, 5) is 16.4. The van der Waals surface area contributed by atoms with Crippen molar-refractivity contribution >= 4 is 23.5 Å². The fourth-order valence-corrected chi connectivity index (χ4v) is 3.12. The van der Waals surface area contributed by atoms with Crippen molar-refractivity contribution in [3.63, 3.8) is 0 Å². The lowest BCUT2D eigenvalue weighted by Gasteiger charge is -2.10. The van der Waals surface area contributed by atoms with Crippen LogP contribution in [0.2, 0.25) is 0 Å². The molecule has 0 unspecified atom stereocenters. The minimum absolute atomic E-state index is 0.150. The van der Waals surface area contributed by atoms with Gasteiger partial charge in [-0.25, -0.2) is 4.98 Å². The summed E-state index contributed by atoms with van der Waals surface area (Å²) in [6, 6.07) is 10.1. The highest BCUT2D eigenvalue weighted by Gasteiger charge is 2.11. The molecule has 0 aliphatic carbocycles. The summed E-state index contributed by atoms with van der Waals surface area (Å²) < 4.78 is 6.91. The van der Waals surface area contributed by atoms with Gasteiger partial charge in [0.15, 0.2) is 11.0 Å². The number of anilines is 1. The number of hydrogen-bond acceptors (Lipinski definition) is 5. The van der Waals surface area contributed by atoms with Crippen LogP contribution in [-0.4, -0.2) is 26.4 Å². The molecule has 2 aromatic heterocycles. The Morgan fingerprint density at radius 2 is 2.08 bits per heavy atom. The standard InChI is InChI=1S/C18H20N4O2S/c1-12(2)14-4-6-15(7-5-14)22-9-8-19-18(22)25-11-17(23)20-16-10-13(3)24-21-16/h4-10,12H,11H2,1-3H3,(H,20,21,23). The quantitative estimate of drug-likeness (QED) is 0.675. The molecule has 0 fully saturated rings. The molecule has 0 atom stereocenters. The van der Waals surface area contributed by atoms with Crippen LogP contribution in [0.1, 0.15) is 31.1 Å². The molecule has 0 spiro atoms. The van der Waals surface area contributed by atoms with Crippen LogP contribution in [0, 0.1) is 6.92 Å². The van der Waals surface area contributed by atoms with Crippen molar-refractivity contribution in [2.75, 3.05) is 11.1 Å². The molecule has 0 radical (unpaired) electrons. The van der Waals surface area contributed by atoms with Crippen LogP contribution < -0.4 is 5.32 Å². The van der Waals surface area contributed by atoms with Crippen LogP contribution in [0.25, 0.3) is 5.69 Å². The molecule has 0 bridgehead atoms. The maximum Gasteiger partial charge on any atom is 0.236 e. The third kappa shape index (κ3) is 4.30. The van der Waals surface area contributed by atoms with Gasteiger partial charge >= 0.3 is 0 Å². The molecule has 3 aromatic rings. The molecule has 3 rings (SSSR count). The Labute approximate surface area is 150 Å². The third-order valence-corrected chi connectivity index (χ3v) is 4.64. The first-order valence-electron chi connectivity index (χ1n) is 8.02. The molecule has 0 aliphatic rings. The van der Waals surface area contributed by atoms with E-state index < -0.39 is 0 Å². The van der Waals surface area contributed by atoms with E-state index in [-0.39, 0.29) is 11.7 Å². The summed E-state index contributed by atoms with van der Waals surface area (Å²) in [5.41, 5.74) is 2.32. The highest BCUT2D eigenvalue weighted by Crippen LogP contribution is 2.22. The van der Waals surface area contributed by atoms with E-state index in [2.05, 4.69) is 53.6 Å². The Hall–Kier alpha value is -2.54. The molecular formula is C18H20N4O2S. The molecule has 2 heterocycles. The maximum absolute atomic E-state index is 12.0. The van der Waals surface area contributed by atoms with Crippen LogP contribution >= 0.6 is 11.8 Å². The van der Waals surface area contributed by atoms with E-state index in [1.807, 2.05) is 10.8 Å². The summed E-state index contributed by atoms with van der Waals surface area (Å²) in [5.74, 6) is 1.67. The number of nitrogens with zero attached hydrogens (tertiary/aromatic N) is 3. The van der Waals surface area contributed by atoms with Gasteiger partial charge in [0.05, 0.1) is 5.75 Å². The number of hydrogen-bond donors (Lipinski definition) is 1. The highest BCUT2D eigenvalue weighted by atomic mass is 32.2. The van der Waals surface area contributed by atoms with Gasteiger partial charge in [-0.1, -0.05) is 42.9 Å². The van der Waals surface area contributed by atoms with Crippen LogP contribution in [0.5, 0.6) is 0 Å². The second-order valence-electron chi connectivity index (χ2n) is 5.99. The number of carbonyl (C=O) groups excluding carboxylic acids is 1. The van der Waals surface area contributed by atoms with Gasteiger partial charge in [0.25, 0.3) is 0 Å². The van der Waals surface area contributed by atoms with Crippen molar-refractivity contribution in [1.82, 2.24) is 14.7 Å². The molecule has 25 heavy (non-hydrogen) atoms. The number of thioether (sulfide) groups is 1. The second-order valence-corrected chi connectivity index (χ2v) is 6.93. The number of benzene rings is 1. The van der Waals surface area contributed by atoms with Crippen LogP contribution in [0.4, 0.5) is 5.82 Å². The van der Waals surface area contributed by atoms with Gasteiger partial charge in [-0.3, -0.25) is 9.36 Å². The van der Waals surface area contributed by atoms with Crippen molar-refractivity contribution in [2.45, 2.75) is 31.8 Å². The summed E-state index contributed by atoms with van der Waals surface area (Å²) in [6.07, 6.45) is 3.63. The van der Waals surface area contributed by atoms with Crippen LogP contribution in [0.15, 0.2) is 52.4 Å². The van der Waals surface area contributed by atoms with E-state index in [9.17, 15) is 4.79 Å². The average molecular weight is 356 g/mol. The summed E-state index contributed by atoms with van der Waals surface area (Å²) in [5, 5.41) is 7.22. The molecule has 7 heteroatoms. The van der Waals surface area contributed by atoms with Gasteiger partial charge in [0, 0.05) is 24.1 Å². The lowest BCUT2D eigenvalue weighted by atomic mass is 10.0. The molecule has 0 saturated heterocycles. The predicted octanol–water partition coefficient (Wildman–Crippen LogP) is 4.02. The van der Waals surface area contributed by atoms with E-state index in [1.165, 1.54) is 17.3 Å². The minimum atomic E-state index is -0.150. The fourth-order valence-electron chi connectivity index (χ4n) is 2.35. The lowest BCUT2D eigenvalue weighted by molar-refractivity contribution is -0.113. The van der Waals surface area contributed by atoms with Gasteiger partial charge in [0.1, 0.15) is 5.76 Å². The van der Waals surface area contributed by atoms with Gasteiger partial charge < -0.3 is 9.84 Å². The molecule has 130 valence electrons. The number of aromatic nitrogens is 3. The van der Waals surface area contributed by atoms with Crippen LogP contribution in [0.3, 0.4) is 0 Å². The molecule has 0 aliphatic heterocycles. The summed E-state index contributed by atoms with van der Waals surface area (Å²) in [7, 11) is 0. The van der Waals surface area contributed by atoms with Crippen molar-refractivity contribution in [3.05, 3.63) is 54.0 Å². The molecule has 1 N–H and O–H groups in total. The fraction of sp³-hybridized carbons (Fsp3) is 0.278. The van der Waals surface area contributed by atoms with Gasteiger partial charge in [0.2, 0.25) is 5.91 Å². The zero-order chi connectivity index (χ0) is 17.8. The van der Waals surface area contributed by atoms with Gasteiger partial charge in [-0.2, -0.15) is 0 Å². The zero-order valence-electron chi connectivity index (χ0n) is 14.4. The first-order valence-corrected chi connectivity index (χ1v) is 9.01. The molecular weight excluding hydrogens is 336 g/mol. The van der Waals surface area contributed by atoms with Crippen LogP contribution in [-0.2, 0) is 4.79 Å². The lowest BCUT2D eigenvalue weighted by Crippen LogP contribution is -2.14. The van der Waals surface area contributed by atoms with E-state index in [0.29, 0.717) is 17.5 Å². The first-order chi connectivity index (χ1) is 12.0. The zero-order valence-corrected chi connectivity index (χ0v) is 15.2. The number of imidazole rings is 1. The van der Waals surface area contributed by atoms with E-state index in [0.717, 1.165) is 10.8 Å². The molecule has 1 aromatic carbocycles. The first kappa shape index (κ1) is 17.3. The monoisotopic (exact) mass is 356 g/mol. The SMILES string of the molecule is Cc1cc(NC(=O)CSc2nccn2-c2ccc(C(C)C)cc2)no1. The summed E-state index contributed by atoms with van der Waals surface area (Å²) >= 11 is 1.37. The smallest absolute Gasteiger partial charge is 0.236 e. The second kappa shape index (κ2) is 7.57. The minimum Gasteiger partial charge on any atom is -0.360 e. The number of carbonyl (C=O) groups is 1. The highest BCUT2D eigenvalue weighted by molar-refractivity contribution is 7.99. The number of aryl methyl sites for hydroxylation is 1.